The number of halogens is 1. The van der Waals surface area contributed by atoms with Crippen LogP contribution in [0.4, 0.5) is 15.8 Å². The van der Waals surface area contributed by atoms with E-state index in [9.17, 15) is 18.8 Å². The summed E-state index contributed by atoms with van der Waals surface area (Å²) in [5.74, 6) is -0.948. The summed E-state index contributed by atoms with van der Waals surface area (Å²) in [6.07, 6.45) is 0.883. The molecule has 2 aromatic rings. The highest BCUT2D eigenvalue weighted by Crippen LogP contribution is 2.27. The number of carbonyl (C=O) groups is 3. The van der Waals surface area contributed by atoms with E-state index in [0.717, 1.165) is 6.42 Å². The smallest absolute Gasteiger partial charge is 0.262 e. The minimum absolute atomic E-state index is 0.116. The van der Waals surface area contributed by atoms with Crippen molar-refractivity contribution in [3.05, 3.63) is 54.3 Å². The number of benzene rings is 2. The van der Waals surface area contributed by atoms with E-state index in [-0.39, 0.29) is 36.6 Å². The topological polar surface area (TPSA) is 97.0 Å². The maximum Gasteiger partial charge on any atom is 0.262 e. The molecule has 32 heavy (non-hydrogen) atoms. The van der Waals surface area contributed by atoms with Crippen LogP contribution in [0.5, 0.6) is 5.75 Å². The van der Waals surface area contributed by atoms with Crippen LogP contribution in [0, 0.1) is 11.7 Å². The van der Waals surface area contributed by atoms with Crippen molar-refractivity contribution in [2.24, 2.45) is 5.92 Å². The number of amides is 3. The molecular formula is C23H26FN3O5. The van der Waals surface area contributed by atoms with Gasteiger partial charge in [0.2, 0.25) is 11.8 Å². The Labute approximate surface area is 185 Å². The normalized spacial score (nSPS) is 15.5. The number of nitrogens with zero attached hydrogens (tertiary/aromatic N) is 1. The average molecular weight is 443 g/mol. The lowest BCUT2D eigenvalue weighted by Crippen LogP contribution is -2.33. The van der Waals surface area contributed by atoms with Crippen molar-refractivity contribution in [1.29, 1.82) is 0 Å². The summed E-state index contributed by atoms with van der Waals surface area (Å²) in [7, 11) is 1.61. The first kappa shape index (κ1) is 23.2. The maximum absolute atomic E-state index is 12.9. The van der Waals surface area contributed by atoms with Gasteiger partial charge in [0, 0.05) is 44.6 Å². The highest BCUT2D eigenvalue weighted by atomic mass is 19.1. The molecule has 8 nitrogen and oxygen atoms in total. The van der Waals surface area contributed by atoms with E-state index in [2.05, 4.69) is 10.6 Å². The van der Waals surface area contributed by atoms with Crippen molar-refractivity contribution in [3.8, 4) is 5.75 Å². The number of hydrogen-bond acceptors (Lipinski definition) is 5. The third-order valence-corrected chi connectivity index (χ3v) is 4.97. The minimum Gasteiger partial charge on any atom is -0.484 e. The van der Waals surface area contributed by atoms with Gasteiger partial charge in [-0.1, -0.05) is 0 Å². The first-order valence-corrected chi connectivity index (χ1v) is 10.3. The Morgan fingerprint density at radius 2 is 1.84 bits per heavy atom. The van der Waals surface area contributed by atoms with Gasteiger partial charge in [0.25, 0.3) is 5.91 Å². The van der Waals surface area contributed by atoms with E-state index in [1.165, 1.54) is 24.3 Å². The van der Waals surface area contributed by atoms with Gasteiger partial charge in [0.15, 0.2) is 6.61 Å². The molecule has 3 rings (SSSR count). The number of ether oxygens (including phenoxy) is 2. The van der Waals surface area contributed by atoms with Gasteiger partial charge in [-0.15, -0.1) is 0 Å². The molecule has 3 amide bonds. The molecule has 0 bridgehead atoms. The fourth-order valence-corrected chi connectivity index (χ4v) is 3.31. The standard InChI is InChI=1S/C23H26FN3O5/c1-31-12-2-11-25-23(30)16-13-22(29)27(14-16)19-7-9-20(10-8-19)32-15-21(28)26-18-5-3-17(24)4-6-18/h3-10,16H,2,11-15H2,1H3,(H,25,30)(H,26,28)/t16-/m0/s1. The maximum atomic E-state index is 12.9. The van der Waals surface area contributed by atoms with Gasteiger partial charge >= 0.3 is 0 Å². The Morgan fingerprint density at radius 3 is 2.53 bits per heavy atom. The van der Waals surface area contributed by atoms with Crippen LogP contribution in [0.2, 0.25) is 0 Å². The second-order valence-electron chi connectivity index (χ2n) is 7.38. The van der Waals surface area contributed by atoms with E-state index >= 15 is 0 Å². The van der Waals surface area contributed by atoms with Crippen LogP contribution in [0.15, 0.2) is 48.5 Å². The molecule has 0 aliphatic carbocycles. The van der Waals surface area contributed by atoms with Crippen LogP contribution in [-0.2, 0) is 19.1 Å². The molecule has 1 atom stereocenters. The molecule has 0 saturated carbocycles. The van der Waals surface area contributed by atoms with Gasteiger partial charge in [-0.3, -0.25) is 14.4 Å². The minimum atomic E-state index is -0.392. The zero-order valence-corrected chi connectivity index (χ0v) is 17.8. The second kappa shape index (κ2) is 11.2. The summed E-state index contributed by atoms with van der Waals surface area (Å²) in [5.41, 5.74) is 1.13. The van der Waals surface area contributed by atoms with E-state index in [1.807, 2.05) is 0 Å². The van der Waals surface area contributed by atoms with Crippen molar-refractivity contribution >= 4 is 29.1 Å². The van der Waals surface area contributed by atoms with E-state index < -0.39 is 5.92 Å². The van der Waals surface area contributed by atoms with Crippen molar-refractivity contribution < 1.29 is 28.2 Å². The van der Waals surface area contributed by atoms with Crippen molar-refractivity contribution in [2.75, 3.05) is 43.6 Å². The number of carbonyl (C=O) groups excluding carboxylic acids is 3. The molecule has 1 heterocycles. The molecular weight excluding hydrogens is 417 g/mol. The molecule has 1 fully saturated rings. The predicted molar refractivity (Wildman–Crippen MR) is 117 cm³/mol. The zero-order chi connectivity index (χ0) is 22.9. The number of anilines is 2. The first-order valence-electron chi connectivity index (χ1n) is 10.3. The van der Waals surface area contributed by atoms with Crippen molar-refractivity contribution in [2.45, 2.75) is 12.8 Å². The molecule has 0 radical (unpaired) electrons. The third kappa shape index (κ3) is 6.52. The Morgan fingerprint density at radius 1 is 1.12 bits per heavy atom. The molecule has 170 valence electrons. The number of rotatable bonds is 10. The monoisotopic (exact) mass is 443 g/mol. The van der Waals surface area contributed by atoms with Crippen LogP contribution in [0.3, 0.4) is 0 Å². The Hall–Kier alpha value is -3.46. The van der Waals surface area contributed by atoms with Gasteiger partial charge in [-0.2, -0.15) is 0 Å². The highest BCUT2D eigenvalue weighted by Gasteiger charge is 2.34. The molecule has 1 saturated heterocycles. The van der Waals surface area contributed by atoms with E-state index in [4.69, 9.17) is 9.47 Å². The summed E-state index contributed by atoms with van der Waals surface area (Å²) >= 11 is 0. The quantitative estimate of drug-likeness (QED) is 0.550. The molecule has 9 heteroatoms. The summed E-state index contributed by atoms with van der Waals surface area (Å²) in [5, 5.41) is 5.44. The molecule has 1 aliphatic heterocycles. The third-order valence-electron chi connectivity index (χ3n) is 4.97. The van der Waals surface area contributed by atoms with Gasteiger partial charge in [-0.25, -0.2) is 4.39 Å². The lowest BCUT2D eigenvalue weighted by Gasteiger charge is -2.17. The van der Waals surface area contributed by atoms with Gasteiger partial charge < -0.3 is 25.0 Å². The fourth-order valence-electron chi connectivity index (χ4n) is 3.31. The van der Waals surface area contributed by atoms with Crippen molar-refractivity contribution in [1.82, 2.24) is 5.32 Å². The molecule has 2 N–H and O–H groups in total. The first-order chi connectivity index (χ1) is 15.5. The van der Waals surface area contributed by atoms with Crippen molar-refractivity contribution in [3.63, 3.8) is 0 Å². The second-order valence-corrected chi connectivity index (χ2v) is 7.38. The van der Waals surface area contributed by atoms with Crippen LogP contribution >= 0.6 is 0 Å². The highest BCUT2D eigenvalue weighted by molar-refractivity contribution is 6.00. The molecule has 2 aromatic carbocycles. The Balaban J connectivity index is 1.47. The Bertz CT molecular complexity index is 934. The van der Waals surface area contributed by atoms with Crippen LogP contribution in [0.1, 0.15) is 12.8 Å². The lowest BCUT2D eigenvalue weighted by molar-refractivity contribution is -0.126. The molecule has 0 spiro atoms. The fraction of sp³-hybridized carbons (Fsp3) is 0.348. The zero-order valence-electron chi connectivity index (χ0n) is 17.8. The van der Waals surface area contributed by atoms with E-state index in [0.29, 0.717) is 36.8 Å². The average Bonchev–Trinajstić information content (AvgIpc) is 3.19. The molecule has 1 aliphatic rings. The van der Waals surface area contributed by atoms with Gasteiger partial charge in [-0.05, 0) is 55.0 Å². The number of methoxy groups -OCH3 is 1. The number of hydrogen-bond donors (Lipinski definition) is 2. The van der Waals surface area contributed by atoms with Crippen LogP contribution in [-0.4, -0.2) is 51.1 Å². The predicted octanol–water partition coefficient (Wildman–Crippen LogP) is 2.35. The number of nitrogens with one attached hydrogen (secondary N) is 2. The lowest BCUT2D eigenvalue weighted by atomic mass is 10.1. The van der Waals surface area contributed by atoms with E-state index in [1.54, 1.807) is 36.3 Å². The van der Waals surface area contributed by atoms with Crippen LogP contribution in [0.25, 0.3) is 0 Å². The van der Waals surface area contributed by atoms with Gasteiger partial charge in [0.1, 0.15) is 11.6 Å². The summed E-state index contributed by atoms with van der Waals surface area (Å²) < 4.78 is 23.3. The SMILES string of the molecule is COCCCNC(=O)[C@H]1CC(=O)N(c2ccc(OCC(=O)Nc3ccc(F)cc3)cc2)C1. The summed E-state index contributed by atoms with van der Waals surface area (Å²) in [6, 6.07) is 12.2. The summed E-state index contributed by atoms with van der Waals surface area (Å²) in [6.45, 7) is 1.18. The largest absolute Gasteiger partial charge is 0.484 e. The molecule has 0 unspecified atom stereocenters. The molecule has 0 aromatic heterocycles. The summed E-state index contributed by atoms with van der Waals surface area (Å²) in [4.78, 5) is 38.2. The van der Waals surface area contributed by atoms with Gasteiger partial charge in [0.05, 0.1) is 5.92 Å². The van der Waals surface area contributed by atoms with Crippen LogP contribution < -0.4 is 20.3 Å². The Kier molecular flexibility index (Phi) is 8.15.